The first-order valence-corrected chi connectivity index (χ1v) is 11.4. The maximum Gasteiger partial charge on any atom is 0.419 e. The summed E-state index contributed by atoms with van der Waals surface area (Å²) in [7, 11) is 1.60. The summed E-state index contributed by atoms with van der Waals surface area (Å²) in [6.45, 7) is 3.70. The predicted molar refractivity (Wildman–Crippen MR) is 131 cm³/mol. The number of benzene rings is 1. The van der Waals surface area contributed by atoms with Crippen LogP contribution in [0.25, 0.3) is 0 Å². The molecule has 1 aromatic heterocycles. The van der Waals surface area contributed by atoms with E-state index in [-0.39, 0.29) is 17.4 Å². The standard InChI is InChI=1S/C25H28F3N5O3/c1-17(34)30-19-7-3-4-8-20(19)31-21-15-23(29-16-18(21)25(26,27)28)32-22-9-5-6-10-24(22,35-2)33-11-13-36-14-12-33/h3-10,15-16,22H,11-14H2,1-2H3,(H,30,34)(H2,29,31,32). The third kappa shape index (κ3) is 5.53. The molecule has 4 rings (SSSR count). The molecule has 0 radical (unpaired) electrons. The minimum absolute atomic E-state index is 0.206. The van der Waals surface area contributed by atoms with E-state index in [4.69, 9.17) is 9.47 Å². The van der Waals surface area contributed by atoms with Gasteiger partial charge in [-0.2, -0.15) is 13.2 Å². The van der Waals surface area contributed by atoms with Crippen LogP contribution in [0.1, 0.15) is 12.5 Å². The molecule has 2 unspecified atom stereocenters. The number of rotatable bonds is 7. The van der Waals surface area contributed by atoms with E-state index in [1.807, 2.05) is 24.3 Å². The first-order chi connectivity index (χ1) is 17.2. The second-order valence-electron chi connectivity index (χ2n) is 8.39. The normalized spacial score (nSPS) is 22.3. The van der Waals surface area contributed by atoms with E-state index in [1.54, 1.807) is 31.4 Å². The highest BCUT2D eigenvalue weighted by atomic mass is 19.4. The zero-order valence-corrected chi connectivity index (χ0v) is 19.9. The van der Waals surface area contributed by atoms with Gasteiger partial charge in [0, 0.05) is 39.4 Å². The topological polar surface area (TPSA) is 87.8 Å². The molecule has 192 valence electrons. The van der Waals surface area contributed by atoms with Gasteiger partial charge in [0.1, 0.15) is 5.82 Å². The van der Waals surface area contributed by atoms with Crippen molar-refractivity contribution in [3.05, 3.63) is 66.4 Å². The lowest BCUT2D eigenvalue weighted by molar-refractivity contribution is -0.137. The van der Waals surface area contributed by atoms with Crippen LogP contribution in [0, 0.1) is 0 Å². The van der Waals surface area contributed by atoms with Crippen LogP contribution < -0.4 is 16.0 Å². The maximum atomic E-state index is 13.8. The number of hydrogen-bond donors (Lipinski definition) is 3. The van der Waals surface area contributed by atoms with Crippen LogP contribution in [0.15, 0.2) is 60.8 Å². The fourth-order valence-electron chi connectivity index (χ4n) is 4.36. The number of carbonyl (C=O) groups is 1. The highest BCUT2D eigenvalue weighted by molar-refractivity contribution is 5.93. The Balaban J connectivity index is 1.67. The first kappa shape index (κ1) is 25.7. The number of ether oxygens (including phenoxy) is 2. The Labute approximate surface area is 207 Å². The van der Waals surface area contributed by atoms with Crippen molar-refractivity contribution in [2.45, 2.75) is 24.9 Å². The number of aromatic nitrogens is 1. The number of morpholine rings is 1. The molecule has 1 aromatic carbocycles. The van der Waals surface area contributed by atoms with Gasteiger partial charge in [0.2, 0.25) is 5.91 Å². The van der Waals surface area contributed by atoms with Gasteiger partial charge >= 0.3 is 6.18 Å². The highest BCUT2D eigenvalue weighted by Crippen LogP contribution is 2.38. The van der Waals surface area contributed by atoms with Gasteiger partial charge in [0.15, 0.2) is 5.72 Å². The molecule has 0 saturated carbocycles. The molecule has 1 aliphatic carbocycles. The minimum atomic E-state index is -4.64. The monoisotopic (exact) mass is 503 g/mol. The Kier molecular flexibility index (Phi) is 7.62. The number of para-hydroxylation sites is 2. The second-order valence-corrected chi connectivity index (χ2v) is 8.39. The molecule has 1 fully saturated rings. The van der Waals surface area contributed by atoms with E-state index in [0.29, 0.717) is 37.7 Å². The SMILES string of the molecule is COC1(N2CCOCC2)C=CC=CC1Nc1cc(Nc2ccccc2NC(C)=O)c(C(F)(F)F)cn1. The smallest absolute Gasteiger partial charge is 0.379 e. The van der Waals surface area contributed by atoms with Crippen molar-refractivity contribution in [2.75, 3.05) is 49.4 Å². The van der Waals surface area contributed by atoms with E-state index in [1.165, 1.54) is 13.0 Å². The summed E-state index contributed by atoms with van der Waals surface area (Å²) in [5.74, 6) is -0.115. The number of pyridine rings is 1. The predicted octanol–water partition coefficient (Wildman–Crippen LogP) is 4.38. The Morgan fingerprint density at radius 3 is 2.56 bits per heavy atom. The Bertz CT molecular complexity index is 1150. The van der Waals surface area contributed by atoms with Crippen molar-refractivity contribution >= 4 is 28.8 Å². The van der Waals surface area contributed by atoms with Crippen LogP contribution in [-0.4, -0.2) is 61.0 Å². The van der Waals surface area contributed by atoms with Crippen LogP contribution in [0.4, 0.5) is 36.1 Å². The number of carbonyl (C=O) groups excluding carboxylic acids is 1. The Morgan fingerprint density at radius 1 is 1.17 bits per heavy atom. The van der Waals surface area contributed by atoms with Gasteiger partial charge in [-0.25, -0.2) is 4.98 Å². The zero-order chi connectivity index (χ0) is 25.8. The molecule has 2 heterocycles. The number of amides is 1. The summed E-state index contributed by atoms with van der Waals surface area (Å²) < 4.78 is 53.0. The fraction of sp³-hybridized carbons (Fsp3) is 0.360. The molecular weight excluding hydrogens is 475 g/mol. The summed E-state index contributed by atoms with van der Waals surface area (Å²) in [4.78, 5) is 17.8. The molecule has 36 heavy (non-hydrogen) atoms. The van der Waals surface area contributed by atoms with Gasteiger partial charge in [-0.1, -0.05) is 30.4 Å². The number of nitrogens with zero attached hydrogens (tertiary/aromatic N) is 2. The summed E-state index contributed by atoms with van der Waals surface area (Å²) in [6, 6.07) is 7.40. The third-order valence-electron chi connectivity index (χ3n) is 6.05. The van der Waals surface area contributed by atoms with Crippen LogP contribution in [0.3, 0.4) is 0 Å². The third-order valence-corrected chi connectivity index (χ3v) is 6.05. The van der Waals surface area contributed by atoms with Gasteiger partial charge in [0.25, 0.3) is 0 Å². The van der Waals surface area contributed by atoms with E-state index < -0.39 is 23.5 Å². The maximum absolute atomic E-state index is 13.8. The van der Waals surface area contributed by atoms with E-state index in [2.05, 4.69) is 25.8 Å². The first-order valence-electron chi connectivity index (χ1n) is 11.4. The van der Waals surface area contributed by atoms with Gasteiger partial charge in [-0.15, -0.1) is 0 Å². The van der Waals surface area contributed by atoms with Crippen molar-refractivity contribution in [1.29, 1.82) is 0 Å². The molecule has 0 spiro atoms. The molecule has 2 aromatic rings. The summed E-state index contributed by atoms with van der Waals surface area (Å²) in [6.07, 6.45) is 3.68. The molecule has 1 saturated heterocycles. The van der Waals surface area contributed by atoms with Crippen LogP contribution in [-0.2, 0) is 20.4 Å². The molecule has 1 aliphatic heterocycles. The van der Waals surface area contributed by atoms with Gasteiger partial charge in [-0.3, -0.25) is 9.69 Å². The average Bonchev–Trinajstić information content (AvgIpc) is 2.85. The van der Waals surface area contributed by atoms with Crippen LogP contribution in [0.2, 0.25) is 0 Å². The lowest BCUT2D eigenvalue weighted by Crippen LogP contribution is -2.62. The summed E-state index contributed by atoms with van der Waals surface area (Å²) in [5, 5.41) is 8.69. The second kappa shape index (κ2) is 10.7. The number of anilines is 4. The summed E-state index contributed by atoms with van der Waals surface area (Å²) in [5.41, 5.74) is -1.33. The van der Waals surface area contributed by atoms with E-state index in [9.17, 15) is 18.0 Å². The van der Waals surface area contributed by atoms with E-state index >= 15 is 0 Å². The number of hydrogen-bond acceptors (Lipinski definition) is 7. The van der Waals surface area contributed by atoms with Crippen LogP contribution >= 0.6 is 0 Å². The minimum Gasteiger partial charge on any atom is -0.379 e. The lowest BCUT2D eigenvalue weighted by Gasteiger charge is -2.47. The number of nitrogens with one attached hydrogen (secondary N) is 3. The van der Waals surface area contributed by atoms with Gasteiger partial charge in [0.05, 0.1) is 41.9 Å². The van der Waals surface area contributed by atoms with E-state index in [0.717, 1.165) is 6.20 Å². The lowest BCUT2D eigenvalue weighted by atomic mass is 9.95. The number of halogens is 3. The van der Waals surface area contributed by atoms with Crippen LogP contribution in [0.5, 0.6) is 0 Å². The number of methoxy groups -OCH3 is 1. The molecule has 0 bridgehead atoms. The molecule has 2 atom stereocenters. The quantitative estimate of drug-likeness (QED) is 0.517. The van der Waals surface area contributed by atoms with Crippen molar-refractivity contribution in [2.24, 2.45) is 0 Å². The molecule has 8 nitrogen and oxygen atoms in total. The van der Waals surface area contributed by atoms with Crippen molar-refractivity contribution < 1.29 is 27.4 Å². The molecule has 3 N–H and O–H groups in total. The summed E-state index contributed by atoms with van der Waals surface area (Å²) >= 11 is 0. The molecular formula is C25H28F3N5O3. The molecule has 11 heteroatoms. The largest absolute Gasteiger partial charge is 0.419 e. The Morgan fingerprint density at radius 2 is 1.89 bits per heavy atom. The average molecular weight is 504 g/mol. The van der Waals surface area contributed by atoms with Crippen molar-refractivity contribution in [1.82, 2.24) is 9.88 Å². The van der Waals surface area contributed by atoms with Crippen molar-refractivity contribution in [3.63, 3.8) is 0 Å². The molecule has 1 amide bonds. The number of allylic oxidation sites excluding steroid dienone is 2. The zero-order valence-electron chi connectivity index (χ0n) is 19.9. The van der Waals surface area contributed by atoms with Gasteiger partial charge in [-0.05, 0) is 18.2 Å². The molecule has 2 aliphatic rings. The number of alkyl halides is 3. The van der Waals surface area contributed by atoms with Gasteiger partial charge < -0.3 is 25.4 Å². The highest BCUT2D eigenvalue weighted by Gasteiger charge is 2.43. The Hall–Kier alpha value is -3.41. The fourth-order valence-corrected chi connectivity index (χ4v) is 4.36. The van der Waals surface area contributed by atoms with Crippen molar-refractivity contribution in [3.8, 4) is 0 Å².